The zero-order chi connectivity index (χ0) is 12.3. The Balaban J connectivity index is 2.70. The molecule has 16 heavy (non-hydrogen) atoms. The van der Waals surface area contributed by atoms with Gasteiger partial charge in [-0.05, 0) is 18.2 Å². The molecule has 0 saturated heterocycles. The highest BCUT2D eigenvalue weighted by molar-refractivity contribution is 6.33. The van der Waals surface area contributed by atoms with Gasteiger partial charge in [-0.3, -0.25) is 4.79 Å². The number of nitrogens with two attached hydrogens (primary N) is 1. The number of halogens is 4. The maximum atomic E-state index is 11.8. The van der Waals surface area contributed by atoms with Crippen LogP contribution in [0.4, 0.5) is 18.9 Å². The van der Waals surface area contributed by atoms with Gasteiger partial charge in [0.05, 0.1) is 10.7 Å². The van der Waals surface area contributed by atoms with Gasteiger partial charge in [0.25, 0.3) is 5.91 Å². The molecule has 1 aromatic rings. The topological polar surface area (TPSA) is 55.1 Å². The second kappa shape index (κ2) is 4.61. The number of anilines is 1. The summed E-state index contributed by atoms with van der Waals surface area (Å²) in [6, 6.07) is 3.86. The molecule has 0 radical (unpaired) electrons. The molecule has 0 aromatic heterocycles. The smallest absolute Gasteiger partial charge is 0.398 e. The van der Waals surface area contributed by atoms with Crippen molar-refractivity contribution in [2.45, 2.75) is 6.18 Å². The van der Waals surface area contributed by atoms with E-state index in [0.717, 1.165) is 0 Å². The van der Waals surface area contributed by atoms with E-state index >= 15 is 0 Å². The molecule has 0 aliphatic carbocycles. The van der Waals surface area contributed by atoms with Crippen molar-refractivity contribution < 1.29 is 18.0 Å². The molecule has 88 valence electrons. The highest BCUT2D eigenvalue weighted by Gasteiger charge is 2.27. The third-order valence-corrected chi connectivity index (χ3v) is 2.05. The first kappa shape index (κ1) is 12.6. The molecule has 0 heterocycles. The van der Waals surface area contributed by atoms with Crippen LogP contribution in [0.25, 0.3) is 0 Å². The predicted molar refractivity (Wildman–Crippen MR) is 54.3 cm³/mol. The Labute approximate surface area is 94.4 Å². The van der Waals surface area contributed by atoms with Gasteiger partial charge in [-0.15, -0.1) is 0 Å². The van der Waals surface area contributed by atoms with E-state index in [4.69, 9.17) is 17.3 Å². The zero-order valence-corrected chi connectivity index (χ0v) is 8.69. The highest BCUT2D eigenvalue weighted by atomic mass is 35.5. The molecule has 1 rings (SSSR count). The minimum absolute atomic E-state index is 0.0335. The number of nitrogen functional groups attached to an aromatic ring is 1. The van der Waals surface area contributed by atoms with Crippen molar-refractivity contribution in [1.82, 2.24) is 5.32 Å². The van der Waals surface area contributed by atoms with Gasteiger partial charge in [-0.1, -0.05) is 11.6 Å². The van der Waals surface area contributed by atoms with E-state index in [1.807, 2.05) is 0 Å². The Hall–Kier alpha value is -1.43. The minimum atomic E-state index is -4.44. The fraction of sp³-hybridized carbons (Fsp3) is 0.222. The number of benzene rings is 1. The van der Waals surface area contributed by atoms with Crippen LogP contribution in [0.1, 0.15) is 10.4 Å². The van der Waals surface area contributed by atoms with Crippen LogP contribution in [-0.2, 0) is 0 Å². The van der Waals surface area contributed by atoms with Crippen molar-refractivity contribution in [3.8, 4) is 0 Å². The summed E-state index contributed by atoms with van der Waals surface area (Å²) in [7, 11) is 0. The molecule has 3 nitrogen and oxygen atoms in total. The predicted octanol–water partition coefficient (Wildman–Crippen LogP) is 2.21. The average Bonchev–Trinajstić information content (AvgIpc) is 2.17. The SMILES string of the molecule is Nc1cc(C(=O)NCC(F)(F)F)ccc1Cl. The molecule has 0 bridgehead atoms. The summed E-state index contributed by atoms with van der Waals surface area (Å²) < 4.78 is 35.4. The lowest BCUT2D eigenvalue weighted by atomic mass is 10.2. The second-order valence-corrected chi connectivity index (χ2v) is 3.44. The monoisotopic (exact) mass is 252 g/mol. The van der Waals surface area contributed by atoms with Crippen molar-refractivity contribution >= 4 is 23.2 Å². The van der Waals surface area contributed by atoms with Crippen LogP contribution in [0.5, 0.6) is 0 Å². The third-order valence-electron chi connectivity index (χ3n) is 1.71. The van der Waals surface area contributed by atoms with Crippen LogP contribution in [0.15, 0.2) is 18.2 Å². The first-order valence-electron chi connectivity index (χ1n) is 4.19. The Morgan fingerprint density at radius 2 is 2.06 bits per heavy atom. The Kier molecular flexibility index (Phi) is 3.64. The van der Waals surface area contributed by atoms with Gasteiger partial charge >= 0.3 is 6.18 Å². The highest BCUT2D eigenvalue weighted by Crippen LogP contribution is 2.19. The van der Waals surface area contributed by atoms with Gasteiger partial charge in [-0.2, -0.15) is 13.2 Å². The van der Waals surface area contributed by atoms with E-state index in [1.54, 1.807) is 5.32 Å². The number of nitrogens with one attached hydrogen (secondary N) is 1. The van der Waals surface area contributed by atoms with E-state index < -0.39 is 18.6 Å². The first-order chi connectivity index (χ1) is 7.29. The van der Waals surface area contributed by atoms with Crippen molar-refractivity contribution in [1.29, 1.82) is 0 Å². The molecular weight excluding hydrogens is 245 g/mol. The van der Waals surface area contributed by atoms with Crippen LogP contribution in [0.2, 0.25) is 5.02 Å². The van der Waals surface area contributed by atoms with E-state index in [0.29, 0.717) is 0 Å². The molecule has 0 spiro atoms. The van der Waals surface area contributed by atoms with Gasteiger partial charge in [-0.25, -0.2) is 0 Å². The van der Waals surface area contributed by atoms with Gasteiger partial charge in [0.2, 0.25) is 0 Å². The summed E-state index contributed by atoms with van der Waals surface area (Å²) in [5.74, 6) is -0.847. The number of hydrogen-bond acceptors (Lipinski definition) is 2. The third kappa shape index (κ3) is 3.62. The molecular formula is C9H8ClF3N2O. The van der Waals surface area contributed by atoms with E-state index in [2.05, 4.69) is 0 Å². The van der Waals surface area contributed by atoms with E-state index in [9.17, 15) is 18.0 Å². The fourth-order valence-electron chi connectivity index (χ4n) is 0.968. The summed E-state index contributed by atoms with van der Waals surface area (Å²) in [5, 5.41) is 1.97. The van der Waals surface area contributed by atoms with E-state index in [1.165, 1.54) is 18.2 Å². The van der Waals surface area contributed by atoms with Gasteiger partial charge in [0, 0.05) is 5.56 Å². The van der Waals surface area contributed by atoms with Crippen molar-refractivity contribution in [2.75, 3.05) is 12.3 Å². The number of hydrogen-bond donors (Lipinski definition) is 2. The van der Waals surface area contributed by atoms with E-state index in [-0.39, 0.29) is 16.3 Å². The lowest BCUT2D eigenvalue weighted by molar-refractivity contribution is -0.123. The summed E-state index contributed by atoms with van der Waals surface area (Å²) >= 11 is 5.60. The van der Waals surface area contributed by atoms with Crippen LogP contribution >= 0.6 is 11.6 Å². The van der Waals surface area contributed by atoms with Gasteiger partial charge in [0.15, 0.2) is 0 Å². The number of alkyl halides is 3. The van der Waals surface area contributed by atoms with Crippen LogP contribution < -0.4 is 11.1 Å². The maximum absolute atomic E-state index is 11.8. The first-order valence-corrected chi connectivity index (χ1v) is 4.57. The molecule has 1 amide bonds. The average molecular weight is 253 g/mol. The number of carbonyl (C=O) groups excluding carboxylic acids is 1. The lowest BCUT2D eigenvalue weighted by Gasteiger charge is -2.08. The molecule has 0 saturated carbocycles. The molecule has 0 unspecified atom stereocenters. The van der Waals surface area contributed by atoms with Crippen LogP contribution in [-0.4, -0.2) is 18.6 Å². The quantitative estimate of drug-likeness (QED) is 0.793. The molecule has 7 heteroatoms. The summed E-state index contributed by atoms with van der Waals surface area (Å²) in [4.78, 5) is 11.2. The molecule has 1 aromatic carbocycles. The summed E-state index contributed by atoms with van der Waals surface area (Å²) in [6.45, 7) is -1.38. The lowest BCUT2D eigenvalue weighted by Crippen LogP contribution is -2.33. The standard InChI is InChI=1S/C9H8ClF3N2O/c10-6-2-1-5(3-7(6)14)8(16)15-4-9(11,12)13/h1-3H,4,14H2,(H,15,16). The fourth-order valence-corrected chi connectivity index (χ4v) is 1.09. The number of carbonyl (C=O) groups is 1. The normalized spacial score (nSPS) is 11.2. The van der Waals surface area contributed by atoms with Gasteiger partial charge in [0.1, 0.15) is 6.54 Å². The van der Waals surface area contributed by atoms with Crippen molar-refractivity contribution in [2.24, 2.45) is 0 Å². The molecule has 0 aliphatic heterocycles. The largest absolute Gasteiger partial charge is 0.405 e. The Morgan fingerprint density at radius 3 is 2.56 bits per heavy atom. The summed E-state index contributed by atoms with van der Waals surface area (Å²) in [5.41, 5.74) is 5.58. The maximum Gasteiger partial charge on any atom is 0.405 e. The molecule has 0 atom stereocenters. The molecule has 0 fully saturated rings. The number of rotatable bonds is 2. The van der Waals surface area contributed by atoms with Crippen molar-refractivity contribution in [3.63, 3.8) is 0 Å². The Bertz CT molecular complexity index is 406. The molecule has 0 aliphatic rings. The van der Waals surface area contributed by atoms with Crippen molar-refractivity contribution in [3.05, 3.63) is 28.8 Å². The van der Waals surface area contributed by atoms with Gasteiger partial charge < -0.3 is 11.1 Å². The number of amides is 1. The second-order valence-electron chi connectivity index (χ2n) is 3.03. The molecule has 3 N–H and O–H groups in total. The van der Waals surface area contributed by atoms with Crippen LogP contribution in [0.3, 0.4) is 0 Å². The van der Waals surface area contributed by atoms with Crippen LogP contribution in [0, 0.1) is 0 Å². The summed E-state index contributed by atoms with van der Waals surface area (Å²) in [6.07, 6.45) is -4.44. The zero-order valence-electron chi connectivity index (χ0n) is 7.94. The Morgan fingerprint density at radius 1 is 1.44 bits per heavy atom. The minimum Gasteiger partial charge on any atom is -0.398 e.